The number of amides is 1. The van der Waals surface area contributed by atoms with Gasteiger partial charge in [0.2, 0.25) is 0 Å². The third-order valence-electron chi connectivity index (χ3n) is 3.66. The predicted octanol–water partition coefficient (Wildman–Crippen LogP) is 3.12. The number of allylic oxidation sites excluding steroid dienone is 1. The lowest BCUT2D eigenvalue weighted by atomic mass is 10.0. The summed E-state index contributed by atoms with van der Waals surface area (Å²) in [5, 5.41) is 13.5. The van der Waals surface area contributed by atoms with E-state index in [9.17, 15) is 19.7 Å². The summed E-state index contributed by atoms with van der Waals surface area (Å²) in [5.74, 6) is -0.706. The van der Waals surface area contributed by atoms with Crippen LogP contribution in [0.3, 0.4) is 0 Å². The highest BCUT2D eigenvalue weighted by atomic mass is 16.6. The number of benzene rings is 2. The summed E-state index contributed by atoms with van der Waals surface area (Å²) < 4.78 is 0. The number of nitrogens with zero attached hydrogens (tertiary/aromatic N) is 1. The van der Waals surface area contributed by atoms with E-state index in [1.165, 1.54) is 24.3 Å². The Bertz CT molecular complexity index is 884. The van der Waals surface area contributed by atoms with Gasteiger partial charge in [-0.3, -0.25) is 19.7 Å². The van der Waals surface area contributed by atoms with E-state index in [4.69, 9.17) is 0 Å². The van der Waals surface area contributed by atoms with Gasteiger partial charge >= 0.3 is 0 Å². The molecule has 2 aromatic carbocycles. The Hall–Kier alpha value is -3.28. The van der Waals surface area contributed by atoms with Crippen molar-refractivity contribution in [3.63, 3.8) is 0 Å². The van der Waals surface area contributed by atoms with Crippen molar-refractivity contribution in [2.45, 2.75) is 6.92 Å². The molecule has 6 nitrogen and oxygen atoms in total. The largest absolute Gasteiger partial charge is 0.321 e. The number of aryl methyl sites for hydroxylation is 1. The van der Waals surface area contributed by atoms with E-state index in [0.717, 1.165) is 0 Å². The highest BCUT2D eigenvalue weighted by Gasteiger charge is 2.24. The zero-order valence-electron chi connectivity index (χ0n) is 12.2. The quantitative estimate of drug-likeness (QED) is 0.408. The molecule has 0 spiro atoms. The summed E-state index contributed by atoms with van der Waals surface area (Å²) in [6.45, 7) is 1.57. The van der Waals surface area contributed by atoms with E-state index >= 15 is 0 Å². The molecule has 0 saturated carbocycles. The van der Waals surface area contributed by atoms with Crippen molar-refractivity contribution >= 4 is 28.6 Å². The van der Waals surface area contributed by atoms with Crippen molar-refractivity contribution in [2.75, 3.05) is 5.32 Å². The number of fused-ring (bicyclic) bond motifs is 1. The average Bonchev–Trinajstić information content (AvgIpc) is 2.83. The summed E-state index contributed by atoms with van der Waals surface area (Å²) in [5.41, 5.74) is 2.29. The number of carbonyl (C=O) groups is 2. The molecule has 1 N–H and O–H groups in total. The molecule has 0 aliphatic carbocycles. The molecular weight excluding hydrogens is 296 g/mol. The smallest absolute Gasteiger partial charge is 0.272 e. The number of para-hydroxylation sites is 1. The summed E-state index contributed by atoms with van der Waals surface area (Å²) >= 11 is 0. The van der Waals surface area contributed by atoms with Gasteiger partial charge in [0.1, 0.15) is 0 Å². The third-order valence-corrected chi connectivity index (χ3v) is 3.66. The first-order valence-corrected chi connectivity index (χ1v) is 6.89. The van der Waals surface area contributed by atoms with Gasteiger partial charge < -0.3 is 5.32 Å². The van der Waals surface area contributed by atoms with E-state index in [-0.39, 0.29) is 17.4 Å². The summed E-state index contributed by atoms with van der Waals surface area (Å²) in [7, 11) is 0. The molecule has 3 rings (SSSR count). The molecule has 1 aliphatic rings. The van der Waals surface area contributed by atoms with Gasteiger partial charge in [-0.05, 0) is 31.2 Å². The number of nitro benzene ring substituents is 1. The van der Waals surface area contributed by atoms with Crippen molar-refractivity contribution in [3.8, 4) is 0 Å². The van der Waals surface area contributed by atoms with Crippen LogP contribution in [0.2, 0.25) is 0 Å². The van der Waals surface area contributed by atoms with Crippen molar-refractivity contribution < 1.29 is 14.5 Å². The molecule has 0 bridgehead atoms. The highest BCUT2D eigenvalue weighted by molar-refractivity contribution is 6.35. The van der Waals surface area contributed by atoms with Crippen molar-refractivity contribution in [1.29, 1.82) is 0 Å². The number of hydrogen-bond acceptors (Lipinski definition) is 4. The van der Waals surface area contributed by atoms with Crippen LogP contribution in [0.15, 0.2) is 48.5 Å². The Kier molecular flexibility index (Phi) is 3.50. The second kappa shape index (κ2) is 5.49. The lowest BCUT2D eigenvalue weighted by Crippen LogP contribution is -2.06. The molecule has 6 heteroatoms. The lowest BCUT2D eigenvalue weighted by Gasteiger charge is -2.01. The van der Waals surface area contributed by atoms with Gasteiger partial charge in [-0.1, -0.05) is 18.2 Å². The molecule has 1 amide bonds. The van der Waals surface area contributed by atoms with Gasteiger partial charge in [-0.2, -0.15) is 0 Å². The molecular formula is C17H12N2O4. The second-order valence-electron chi connectivity index (χ2n) is 5.18. The van der Waals surface area contributed by atoms with Gasteiger partial charge in [-0.15, -0.1) is 0 Å². The minimum absolute atomic E-state index is 0.0434. The SMILES string of the molecule is Cc1cc(C(=O)C=C2C(=O)Nc3ccccc32)ccc1[N+](=O)[O-]. The average molecular weight is 308 g/mol. The van der Waals surface area contributed by atoms with Gasteiger partial charge in [0.05, 0.1) is 10.5 Å². The minimum Gasteiger partial charge on any atom is -0.321 e. The topological polar surface area (TPSA) is 89.3 Å². The summed E-state index contributed by atoms with van der Waals surface area (Å²) in [6, 6.07) is 11.2. The summed E-state index contributed by atoms with van der Waals surface area (Å²) in [6.07, 6.45) is 1.27. The Morgan fingerprint density at radius 1 is 1.22 bits per heavy atom. The second-order valence-corrected chi connectivity index (χ2v) is 5.18. The molecule has 0 fully saturated rings. The Balaban J connectivity index is 1.97. The number of ketones is 1. The molecule has 0 aromatic heterocycles. The fourth-order valence-electron chi connectivity index (χ4n) is 2.51. The molecule has 0 atom stereocenters. The number of anilines is 1. The van der Waals surface area contributed by atoms with Crippen LogP contribution in [0.4, 0.5) is 11.4 Å². The molecule has 1 aliphatic heterocycles. The molecule has 0 radical (unpaired) electrons. The first-order valence-electron chi connectivity index (χ1n) is 6.89. The zero-order valence-corrected chi connectivity index (χ0v) is 12.2. The Morgan fingerprint density at radius 2 is 1.96 bits per heavy atom. The van der Waals surface area contributed by atoms with E-state index in [0.29, 0.717) is 28.0 Å². The molecule has 1 heterocycles. The monoisotopic (exact) mass is 308 g/mol. The van der Waals surface area contributed by atoms with Crippen LogP contribution < -0.4 is 5.32 Å². The van der Waals surface area contributed by atoms with Gasteiger partial charge in [0, 0.05) is 28.4 Å². The highest BCUT2D eigenvalue weighted by Crippen LogP contribution is 2.31. The fraction of sp³-hybridized carbons (Fsp3) is 0.0588. The maximum absolute atomic E-state index is 12.4. The first kappa shape index (κ1) is 14.6. The molecule has 0 saturated heterocycles. The van der Waals surface area contributed by atoms with Crippen LogP contribution in [-0.4, -0.2) is 16.6 Å². The number of nitrogens with one attached hydrogen (secondary N) is 1. The number of carbonyl (C=O) groups excluding carboxylic acids is 2. The standard InChI is InChI=1S/C17H12N2O4/c1-10-8-11(6-7-15(10)19(22)23)16(20)9-13-12-4-2-3-5-14(12)18-17(13)21/h2-9H,1H3,(H,18,21). The van der Waals surface area contributed by atoms with Crippen molar-refractivity contribution in [2.24, 2.45) is 0 Å². The van der Waals surface area contributed by atoms with Crippen LogP contribution >= 0.6 is 0 Å². The number of hydrogen-bond donors (Lipinski definition) is 1. The van der Waals surface area contributed by atoms with Crippen molar-refractivity contribution in [1.82, 2.24) is 0 Å². The normalized spacial score (nSPS) is 14.5. The Morgan fingerprint density at radius 3 is 2.65 bits per heavy atom. The van der Waals surface area contributed by atoms with Crippen LogP contribution in [0.5, 0.6) is 0 Å². The lowest BCUT2D eigenvalue weighted by molar-refractivity contribution is -0.385. The van der Waals surface area contributed by atoms with Gasteiger partial charge in [0.15, 0.2) is 5.78 Å². The van der Waals surface area contributed by atoms with Crippen molar-refractivity contribution in [3.05, 3.63) is 75.3 Å². The third kappa shape index (κ3) is 2.62. The number of nitro groups is 1. The summed E-state index contributed by atoms with van der Waals surface area (Å²) in [4.78, 5) is 34.7. The van der Waals surface area contributed by atoms with E-state index in [1.807, 2.05) is 0 Å². The van der Waals surface area contributed by atoms with Gasteiger partial charge in [-0.25, -0.2) is 0 Å². The fourth-order valence-corrected chi connectivity index (χ4v) is 2.51. The Labute approximate surface area is 131 Å². The maximum atomic E-state index is 12.4. The van der Waals surface area contributed by atoms with Crippen LogP contribution in [0.1, 0.15) is 21.5 Å². The first-order chi connectivity index (χ1) is 11.0. The predicted molar refractivity (Wildman–Crippen MR) is 85.2 cm³/mol. The maximum Gasteiger partial charge on any atom is 0.272 e. The van der Waals surface area contributed by atoms with Crippen LogP contribution in [0, 0.1) is 17.0 Å². The van der Waals surface area contributed by atoms with Gasteiger partial charge in [0.25, 0.3) is 11.6 Å². The molecule has 2 aromatic rings. The minimum atomic E-state index is -0.497. The molecule has 114 valence electrons. The zero-order chi connectivity index (χ0) is 16.6. The van der Waals surface area contributed by atoms with Crippen LogP contribution in [-0.2, 0) is 4.79 Å². The van der Waals surface area contributed by atoms with E-state index < -0.39 is 4.92 Å². The van der Waals surface area contributed by atoms with E-state index in [2.05, 4.69) is 5.32 Å². The molecule has 23 heavy (non-hydrogen) atoms. The van der Waals surface area contributed by atoms with E-state index in [1.54, 1.807) is 31.2 Å². The molecule has 0 unspecified atom stereocenters. The number of rotatable bonds is 3. The van der Waals surface area contributed by atoms with Crippen LogP contribution in [0.25, 0.3) is 5.57 Å².